The Kier molecular flexibility index (Phi) is 4.74. The number of hydrogen-bond acceptors (Lipinski definition) is 4. The molecule has 1 heterocycles. The molecular formula is C17H17FN2O3. The van der Waals surface area contributed by atoms with Gasteiger partial charge in [-0.1, -0.05) is 0 Å². The molecule has 0 spiro atoms. The van der Waals surface area contributed by atoms with Crippen LogP contribution in [0.5, 0.6) is 0 Å². The van der Waals surface area contributed by atoms with Crippen molar-refractivity contribution in [2.24, 2.45) is 0 Å². The molecule has 0 saturated heterocycles. The molecule has 0 fully saturated rings. The lowest BCUT2D eigenvalue weighted by atomic mass is 10.1. The fraction of sp³-hybridized carbons (Fsp3) is 0.235. The van der Waals surface area contributed by atoms with E-state index in [0.717, 1.165) is 0 Å². The molecule has 1 N–H and O–H groups in total. The number of carbonyl (C=O) groups is 2. The molecule has 2 aromatic rings. The average molecular weight is 316 g/mol. The predicted octanol–water partition coefficient (Wildman–Crippen LogP) is 3.43. The normalized spacial score (nSPS) is 11.0. The first-order valence-electron chi connectivity index (χ1n) is 7.01. The van der Waals surface area contributed by atoms with Crippen LogP contribution in [-0.4, -0.2) is 22.5 Å². The van der Waals surface area contributed by atoms with Gasteiger partial charge in [-0.15, -0.1) is 0 Å². The van der Waals surface area contributed by atoms with Gasteiger partial charge < -0.3 is 10.1 Å². The summed E-state index contributed by atoms with van der Waals surface area (Å²) in [6, 6.07) is 8.15. The minimum absolute atomic E-state index is 0.0936. The molecular weight excluding hydrogens is 299 g/mol. The van der Waals surface area contributed by atoms with Crippen molar-refractivity contribution in [2.45, 2.75) is 26.4 Å². The third-order valence-corrected chi connectivity index (χ3v) is 2.76. The number of amides is 1. The minimum Gasteiger partial charge on any atom is -0.456 e. The lowest BCUT2D eigenvalue weighted by molar-refractivity contribution is 0.00704. The lowest BCUT2D eigenvalue weighted by Gasteiger charge is -2.20. The molecule has 120 valence electrons. The van der Waals surface area contributed by atoms with E-state index in [1.165, 1.54) is 36.5 Å². The van der Waals surface area contributed by atoms with E-state index < -0.39 is 23.3 Å². The standard InChI is InChI=1S/C17H17FN2O3/c1-17(2,3)23-16(22)13-5-4-10-19-14(13)20-15(21)11-6-8-12(18)9-7-11/h4-10H,1-3H3,(H,19,20,21). The third-order valence-electron chi connectivity index (χ3n) is 2.76. The molecule has 0 bridgehead atoms. The zero-order valence-electron chi connectivity index (χ0n) is 13.1. The van der Waals surface area contributed by atoms with Gasteiger partial charge in [-0.05, 0) is 57.2 Å². The number of pyridine rings is 1. The Balaban J connectivity index is 2.22. The molecule has 2 rings (SSSR count). The maximum absolute atomic E-state index is 12.9. The summed E-state index contributed by atoms with van der Waals surface area (Å²) in [5, 5.41) is 2.54. The monoisotopic (exact) mass is 316 g/mol. The summed E-state index contributed by atoms with van der Waals surface area (Å²) >= 11 is 0. The SMILES string of the molecule is CC(C)(C)OC(=O)c1cccnc1NC(=O)c1ccc(F)cc1. The molecule has 5 nitrogen and oxygen atoms in total. The van der Waals surface area contributed by atoms with E-state index in [2.05, 4.69) is 10.3 Å². The second-order valence-electron chi connectivity index (χ2n) is 5.86. The highest BCUT2D eigenvalue weighted by Gasteiger charge is 2.22. The first-order valence-corrected chi connectivity index (χ1v) is 7.01. The minimum atomic E-state index is -0.662. The molecule has 23 heavy (non-hydrogen) atoms. The number of hydrogen-bond donors (Lipinski definition) is 1. The van der Waals surface area contributed by atoms with Crippen LogP contribution >= 0.6 is 0 Å². The highest BCUT2D eigenvalue weighted by Crippen LogP contribution is 2.18. The van der Waals surface area contributed by atoms with Crippen molar-refractivity contribution in [1.82, 2.24) is 4.98 Å². The first-order chi connectivity index (χ1) is 10.8. The fourth-order valence-electron chi connectivity index (χ4n) is 1.78. The number of halogens is 1. The van der Waals surface area contributed by atoms with E-state index >= 15 is 0 Å². The van der Waals surface area contributed by atoms with E-state index in [0.29, 0.717) is 0 Å². The summed E-state index contributed by atoms with van der Waals surface area (Å²) in [5.74, 6) is -1.42. The van der Waals surface area contributed by atoms with Gasteiger partial charge in [-0.25, -0.2) is 14.2 Å². The quantitative estimate of drug-likeness (QED) is 0.881. The van der Waals surface area contributed by atoms with Gasteiger partial charge in [-0.3, -0.25) is 4.79 Å². The number of ether oxygens (including phenoxy) is 1. The average Bonchev–Trinajstić information content (AvgIpc) is 2.46. The number of aromatic nitrogens is 1. The van der Waals surface area contributed by atoms with Gasteiger partial charge in [0.2, 0.25) is 0 Å². The van der Waals surface area contributed by atoms with Crippen molar-refractivity contribution in [3.05, 3.63) is 59.5 Å². The van der Waals surface area contributed by atoms with Gasteiger partial charge >= 0.3 is 5.97 Å². The number of nitrogens with one attached hydrogen (secondary N) is 1. The van der Waals surface area contributed by atoms with Crippen molar-refractivity contribution >= 4 is 17.7 Å². The molecule has 0 aliphatic heterocycles. The van der Waals surface area contributed by atoms with Gasteiger partial charge in [0.1, 0.15) is 22.8 Å². The highest BCUT2D eigenvalue weighted by molar-refractivity contribution is 6.07. The van der Waals surface area contributed by atoms with Gasteiger partial charge in [0, 0.05) is 11.8 Å². The molecule has 0 aliphatic rings. The Morgan fingerprint density at radius 2 is 1.78 bits per heavy atom. The smallest absolute Gasteiger partial charge is 0.342 e. The van der Waals surface area contributed by atoms with Crippen LogP contribution in [0.2, 0.25) is 0 Å². The lowest BCUT2D eigenvalue weighted by Crippen LogP contribution is -2.25. The summed E-state index contributed by atoms with van der Waals surface area (Å²) in [6.07, 6.45) is 1.45. The van der Waals surface area contributed by atoms with E-state index in [1.54, 1.807) is 26.8 Å². The van der Waals surface area contributed by atoms with Gasteiger partial charge in [0.05, 0.1) is 0 Å². The number of anilines is 1. The highest BCUT2D eigenvalue weighted by atomic mass is 19.1. The summed E-state index contributed by atoms with van der Waals surface area (Å²) in [5.41, 5.74) is -0.254. The molecule has 6 heteroatoms. The van der Waals surface area contributed by atoms with Gasteiger partial charge in [0.15, 0.2) is 0 Å². The van der Waals surface area contributed by atoms with Crippen LogP contribution in [0.3, 0.4) is 0 Å². The Morgan fingerprint density at radius 1 is 1.13 bits per heavy atom. The van der Waals surface area contributed by atoms with Crippen LogP contribution < -0.4 is 5.32 Å². The van der Waals surface area contributed by atoms with Crippen LogP contribution in [0, 0.1) is 5.82 Å². The van der Waals surface area contributed by atoms with Crippen molar-refractivity contribution in [2.75, 3.05) is 5.32 Å². The van der Waals surface area contributed by atoms with Crippen LogP contribution in [0.1, 0.15) is 41.5 Å². The molecule has 1 aromatic heterocycles. The number of rotatable bonds is 3. The van der Waals surface area contributed by atoms with Crippen molar-refractivity contribution < 1.29 is 18.7 Å². The van der Waals surface area contributed by atoms with Crippen molar-refractivity contribution in [3.8, 4) is 0 Å². The topological polar surface area (TPSA) is 68.3 Å². The Morgan fingerprint density at radius 3 is 2.39 bits per heavy atom. The maximum atomic E-state index is 12.9. The summed E-state index contributed by atoms with van der Waals surface area (Å²) < 4.78 is 18.2. The zero-order chi connectivity index (χ0) is 17.0. The van der Waals surface area contributed by atoms with Gasteiger partial charge in [-0.2, -0.15) is 0 Å². The van der Waals surface area contributed by atoms with Crippen LogP contribution in [-0.2, 0) is 4.74 Å². The third kappa shape index (κ3) is 4.60. The molecule has 0 atom stereocenters. The second-order valence-corrected chi connectivity index (χ2v) is 5.86. The zero-order valence-corrected chi connectivity index (χ0v) is 13.1. The molecule has 1 amide bonds. The number of nitrogens with zero attached hydrogens (tertiary/aromatic N) is 1. The van der Waals surface area contributed by atoms with E-state index in [9.17, 15) is 14.0 Å². The predicted molar refractivity (Wildman–Crippen MR) is 83.8 cm³/mol. The molecule has 0 aliphatic carbocycles. The largest absolute Gasteiger partial charge is 0.456 e. The Bertz CT molecular complexity index is 721. The summed E-state index contributed by atoms with van der Waals surface area (Å²) in [4.78, 5) is 28.3. The molecule has 1 aromatic carbocycles. The maximum Gasteiger partial charge on any atom is 0.342 e. The Hall–Kier alpha value is -2.76. The van der Waals surface area contributed by atoms with E-state index in [4.69, 9.17) is 4.74 Å². The van der Waals surface area contributed by atoms with Crippen LogP contribution in [0.4, 0.5) is 10.2 Å². The molecule has 0 radical (unpaired) electrons. The number of benzene rings is 1. The van der Waals surface area contributed by atoms with Crippen LogP contribution in [0.25, 0.3) is 0 Å². The Labute approximate surface area is 133 Å². The van der Waals surface area contributed by atoms with E-state index in [-0.39, 0.29) is 16.9 Å². The van der Waals surface area contributed by atoms with Crippen molar-refractivity contribution in [1.29, 1.82) is 0 Å². The fourth-order valence-corrected chi connectivity index (χ4v) is 1.78. The molecule has 0 saturated carbocycles. The molecule has 0 unspecified atom stereocenters. The first kappa shape index (κ1) is 16.6. The van der Waals surface area contributed by atoms with Crippen LogP contribution in [0.15, 0.2) is 42.6 Å². The summed E-state index contributed by atoms with van der Waals surface area (Å²) in [7, 11) is 0. The van der Waals surface area contributed by atoms with Gasteiger partial charge in [0.25, 0.3) is 5.91 Å². The number of carbonyl (C=O) groups excluding carboxylic acids is 2. The van der Waals surface area contributed by atoms with Crippen molar-refractivity contribution in [3.63, 3.8) is 0 Å². The summed E-state index contributed by atoms with van der Waals surface area (Å²) in [6.45, 7) is 5.24. The number of esters is 1. The second kappa shape index (κ2) is 6.56. The van der Waals surface area contributed by atoms with E-state index in [1.807, 2.05) is 0 Å².